The highest BCUT2D eigenvalue weighted by atomic mass is 32.2. The first-order chi connectivity index (χ1) is 16.9. The van der Waals surface area contributed by atoms with E-state index in [9.17, 15) is 8.42 Å². The molecule has 0 radical (unpaired) electrons. The van der Waals surface area contributed by atoms with E-state index in [4.69, 9.17) is 10.5 Å². The summed E-state index contributed by atoms with van der Waals surface area (Å²) >= 11 is 0. The van der Waals surface area contributed by atoms with Crippen LogP contribution in [0.5, 0.6) is 11.8 Å². The zero-order valence-corrected chi connectivity index (χ0v) is 20.3. The van der Waals surface area contributed by atoms with Crippen LogP contribution in [-0.2, 0) is 10.0 Å². The van der Waals surface area contributed by atoms with Crippen LogP contribution in [0.3, 0.4) is 0 Å². The van der Waals surface area contributed by atoms with Gasteiger partial charge in [0.15, 0.2) is 0 Å². The molecule has 0 bridgehead atoms. The second kappa shape index (κ2) is 8.27. The first-order valence-corrected chi connectivity index (χ1v) is 13.5. The summed E-state index contributed by atoms with van der Waals surface area (Å²) < 4.78 is 35.6. The maximum absolute atomic E-state index is 12.3. The zero-order chi connectivity index (χ0) is 24.2. The van der Waals surface area contributed by atoms with Gasteiger partial charge in [0.1, 0.15) is 5.75 Å². The molecule has 2 aliphatic carbocycles. The molecule has 8 nitrogen and oxygen atoms in total. The lowest BCUT2D eigenvalue weighted by Gasteiger charge is -2.30. The van der Waals surface area contributed by atoms with Crippen LogP contribution in [-0.4, -0.2) is 28.2 Å². The van der Waals surface area contributed by atoms with Gasteiger partial charge in [-0.15, -0.1) is 0 Å². The molecule has 6 rings (SSSR count). The molecule has 180 valence electrons. The Kier molecular flexibility index (Phi) is 5.17. The van der Waals surface area contributed by atoms with Crippen molar-refractivity contribution in [2.24, 2.45) is 0 Å². The van der Waals surface area contributed by atoms with Gasteiger partial charge in [-0.3, -0.25) is 4.72 Å². The molecule has 2 aliphatic rings. The normalized spacial score (nSPS) is 16.3. The molecule has 4 aromatic rings. The number of rotatable bonds is 7. The first kappa shape index (κ1) is 21.9. The van der Waals surface area contributed by atoms with Gasteiger partial charge in [0.05, 0.1) is 22.1 Å². The van der Waals surface area contributed by atoms with E-state index in [1.807, 2.05) is 43.3 Å². The second-order valence-corrected chi connectivity index (χ2v) is 11.4. The van der Waals surface area contributed by atoms with Gasteiger partial charge in [-0.2, -0.15) is 0 Å². The molecule has 9 heteroatoms. The maximum atomic E-state index is 12.3. The number of hydrogen-bond acceptors (Lipinski definition) is 6. The average molecular weight is 490 g/mol. The summed E-state index contributed by atoms with van der Waals surface area (Å²) in [6.07, 6.45) is 6.49. The van der Waals surface area contributed by atoms with Crippen molar-refractivity contribution >= 4 is 32.3 Å². The topological polar surface area (TPSA) is 112 Å². The van der Waals surface area contributed by atoms with E-state index in [-0.39, 0.29) is 5.25 Å². The van der Waals surface area contributed by atoms with E-state index in [1.54, 1.807) is 18.3 Å². The van der Waals surface area contributed by atoms with Gasteiger partial charge in [-0.05, 0) is 69.4 Å². The molecule has 2 fully saturated rings. The number of anilines is 2. The molecule has 0 unspecified atom stereocenters. The van der Waals surface area contributed by atoms with Crippen LogP contribution in [0.25, 0.3) is 22.2 Å². The summed E-state index contributed by atoms with van der Waals surface area (Å²) in [6.45, 7) is 1.90. The summed E-state index contributed by atoms with van der Waals surface area (Å²) in [4.78, 5) is 8.54. The zero-order valence-electron chi connectivity index (χ0n) is 19.4. The minimum Gasteiger partial charge on any atom is -0.424 e. The number of nitrogens with one attached hydrogen (secondary N) is 1. The first-order valence-electron chi connectivity index (χ1n) is 11.9. The molecule has 3 N–H and O–H groups in total. The summed E-state index contributed by atoms with van der Waals surface area (Å²) in [5, 5.41) is 0.698. The minimum atomic E-state index is -3.30. The number of nitrogens with two attached hydrogens (primary N) is 1. The SMILES string of the molecule is Cc1ccnc(Oc2ccc3c(N)c(-c4ccc(NS(=O)(=O)C5CC5)cc4)n(C4CCC4)c3c2)n1. The fraction of sp³-hybridized carbons (Fsp3) is 0.308. The van der Waals surface area contributed by atoms with E-state index in [0.717, 1.165) is 53.5 Å². The lowest BCUT2D eigenvalue weighted by molar-refractivity contribution is 0.324. The molecule has 0 saturated heterocycles. The van der Waals surface area contributed by atoms with E-state index in [0.29, 0.717) is 29.2 Å². The van der Waals surface area contributed by atoms with Gasteiger partial charge in [0.2, 0.25) is 10.0 Å². The summed E-state index contributed by atoms with van der Waals surface area (Å²) in [7, 11) is -3.30. The number of benzene rings is 2. The van der Waals surface area contributed by atoms with Crippen LogP contribution < -0.4 is 15.2 Å². The molecular formula is C26H27N5O3S. The van der Waals surface area contributed by atoms with Gasteiger partial charge in [0, 0.05) is 40.6 Å². The molecule has 0 aliphatic heterocycles. The molecule has 0 spiro atoms. The van der Waals surface area contributed by atoms with Crippen molar-refractivity contribution in [1.82, 2.24) is 14.5 Å². The molecule has 2 aromatic heterocycles. The standard InChI is InChI=1S/C26H27N5O3S/c1-16-13-14-28-26(29-16)34-20-9-12-22-23(15-20)31(19-3-2-4-19)25(24(22)27)17-5-7-18(8-6-17)30-35(32,33)21-10-11-21/h5-9,12-15,19,21,30H,2-4,10-11,27H2,1H3. The molecule has 35 heavy (non-hydrogen) atoms. The Hall–Kier alpha value is -3.59. The summed E-state index contributed by atoms with van der Waals surface area (Å²) in [5.74, 6) is 0.651. The Balaban J connectivity index is 1.39. The third kappa shape index (κ3) is 4.10. The van der Waals surface area contributed by atoms with E-state index in [2.05, 4.69) is 19.3 Å². The molecular weight excluding hydrogens is 462 g/mol. The van der Waals surface area contributed by atoms with E-state index in [1.165, 1.54) is 6.42 Å². The second-order valence-electron chi connectivity index (χ2n) is 9.40. The lowest BCUT2D eigenvalue weighted by atomic mass is 9.92. The molecule has 0 atom stereocenters. The predicted octanol–water partition coefficient (Wildman–Crippen LogP) is 5.41. The Labute approximate surface area is 204 Å². The van der Waals surface area contributed by atoms with E-state index >= 15 is 0 Å². The van der Waals surface area contributed by atoms with Crippen LogP contribution in [0.2, 0.25) is 0 Å². The number of fused-ring (bicyclic) bond motifs is 1. The molecule has 2 aromatic carbocycles. The lowest BCUT2D eigenvalue weighted by Crippen LogP contribution is -2.18. The van der Waals surface area contributed by atoms with Crippen LogP contribution >= 0.6 is 0 Å². The number of hydrogen-bond donors (Lipinski definition) is 2. The molecule has 0 amide bonds. The van der Waals surface area contributed by atoms with Crippen molar-refractivity contribution in [3.8, 4) is 23.0 Å². The van der Waals surface area contributed by atoms with Crippen molar-refractivity contribution in [2.45, 2.75) is 50.3 Å². The highest BCUT2D eigenvalue weighted by molar-refractivity contribution is 7.93. The maximum Gasteiger partial charge on any atom is 0.322 e. The summed E-state index contributed by atoms with van der Waals surface area (Å²) in [6, 6.07) is 15.8. The van der Waals surface area contributed by atoms with Crippen LogP contribution in [0.4, 0.5) is 11.4 Å². The average Bonchev–Trinajstić information content (AvgIpc) is 3.61. The quantitative estimate of drug-likeness (QED) is 0.359. The summed E-state index contributed by atoms with van der Waals surface area (Å²) in [5.41, 5.74) is 11.7. The predicted molar refractivity (Wildman–Crippen MR) is 137 cm³/mol. The number of nitrogen functional groups attached to an aromatic ring is 1. The molecule has 2 saturated carbocycles. The van der Waals surface area contributed by atoms with Gasteiger partial charge in [-0.25, -0.2) is 18.4 Å². The van der Waals surface area contributed by atoms with Gasteiger partial charge < -0.3 is 15.0 Å². The minimum absolute atomic E-state index is 0.263. The fourth-order valence-corrected chi connectivity index (χ4v) is 5.99. The Morgan fingerprint density at radius 1 is 1.06 bits per heavy atom. The van der Waals surface area contributed by atoms with Gasteiger partial charge in [0.25, 0.3) is 0 Å². The number of aromatic nitrogens is 3. The number of nitrogens with zero attached hydrogens (tertiary/aromatic N) is 3. The number of sulfonamides is 1. The Morgan fingerprint density at radius 2 is 1.83 bits per heavy atom. The van der Waals surface area contributed by atoms with Gasteiger partial charge >= 0.3 is 6.01 Å². The van der Waals surface area contributed by atoms with Crippen molar-refractivity contribution in [2.75, 3.05) is 10.5 Å². The Bertz CT molecular complexity index is 1520. The number of ether oxygens (including phenoxy) is 1. The van der Waals surface area contributed by atoms with Crippen LogP contribution in [0, 0.1) is 6.92 Å². The molecule has 2 heterocycles. The monoisotopic (exact) mass is 489 g/mol. The van der Waals surface area contributed by atoms with E-state index < -0.39 is 10.0 Å². The fourth-order valence-electron chi connectivity index (χ4n) is 4.60. The number of aryl methyl sites for hydroxylation is 1. The smallest absolute Gasteiger partial charge is 0.322 e. The van der Waals surface area contributed by atoms with Gasteiger partial charge in [-0.1, -0.05) is 12.1 Å². The van der Waals surface area contributed by atoms with Crippen molar-refractivity contribution in [3.05, 3.63) is 60.4 Å². The van der Waals surface area contributed by atoms with Crippen LogP contribution in [0.15, 0.2) is 54.7 Å². The van der Waals surface area contributed by atoms with Crippen molar-refractivity contribution < 1.29 is 13.2 Å². The largest absolute Gasteiger partial charge is 0.424 e. The third-order valence-corrected chi connectivity index (χ3v) is 8.69. The third-order valence-electron chi connectivity index (χ3n) is 6.82. The highest BCUT2D eigenvalue weighted by Gasteiger charge is 2.35. The van der Waals surface area contributed by atoms with Crippen molar-refractivity contribution in [1.29, 1.82) is 0 Å². The van der Waals surface area contributed by atoms with Crippen molar-refractivity contribution in [3.63, 3.8) is 0 Å². The Morgan fingerprint density at radius 3 is 2.49 bits per heavy atom. The van der Waals surface area contributed by atoms with Crippen LogP contribution in [0.1, 0.15) is 43.8 Å². The highest BCUT2D eigenvalue weighted by Crippen LogP contribution is 2.45.